The van der Waals surface area contributed by atoms with Crippen LogP contribution >= 0.6 is 0 Å². The summed E-state index contributed by atoms with van der Waals surface area (Å²) in [6.07, 6.45) is 17.8. The molecule has 3 aromatic carbocycles. The predicted molar refractivity (Wildman–Crippen MR) is 154 cm³/mol. The van der Waals surface area contributed by atoms with E-state index in [0.717, 1.165) is 60.6 Å². The number of hydrogen-bond acceptors (Lipinski definition) is 2. The van der Waals surface area contributed by atoms with E-state index < -0.39 is 0 Å². The van der Waals surface area contributed by atoms with Crippen LogP contribution in [0.5, 0.6) is 5.75 Å². The minimum atomic E-state index is -0.211. The molecule has 0 heterocycles. The molecule has 0 unspecified atom stereocenters. The summed E-state index contributed by atoms with van der Waals surface area (Å²) in [5.74, 6) is 0.917. The first-order valence-electron chi connectivity index (χ1n) is 15.0. The van der Waals surface area contributed by atoms with Crippen LogP contribution in [0.25, 0.3) is 21.5 Å². The first kappa shape index (κ1) is 27.6. The molecule has 0 aliphatic heterocycles. The highest BCUT2D eigenvalue weighted by atomic mass is 19.1. The van der Waals surface area contributed by atoms with Crippen molar-refractivity contribution in [2.75, 3.05) is 0 Å². The molecular formula is C34H45FO2. The molecule has 1 saturated carbocycles. The van der Waals surface area contributed by atoms with Gasteiger partial charge in [0.15, 0.2) is 0 Å². The first-order chi connectivity index (χ1) is 18.1. The van der Waals surface area contributed by atoms with Crippen LogP contribution in [0.15, 0.2) is 42.5 Å². The zero-order valence-electron chi connectivity index (χ0n) is 23.0. The van der Waals surface area contributed by atoms with Crippen LogP contribution in [0.1, 0.15) is 109 Å². The van der Waals surface area contributed by atoms with E-state index in [1.165, 1.54) is 63.4 Å². The lowest BCUT2D eigenvalue weighted by molar-refractivity contribution is -0.140. The Morgan fingerprint density at radius 1 is 0.784 bits per heavy atom. The van der Waals surface area contributed by atoms with Crippen LogP contribution in [0, 0.1) is 17.7 Å². The molecule has 1 aliphatic rings. The lowest BCUT2D eigenvalue weighted by atomic mass is 9.80. The third-order valence-electron chi connectivity index (χ3n) is 8.37. The van der Waals surface area contributed by atoms with E-state index in [-0.39, 0.29) is 17.7 Å². The highest BCUT2D eigenvalue weighted by molar-refractivity contribution is 6.08. The summed E-state index contributed by atoms with van der Waals surface area (Å²) in [4.78, 5) is 12.9. The van der Waals surface area contributed by atoms with Crippen molar-refractivity contribution in [3.05, 3.63) is 53.8 Å². The predicted octanol–water partition coefficient (Wildman–Crippen LogP) is 10.3. The summed E-state index contributed by atoms with van der Waals surface area (Å²) in [7, 11) is 0. The third kappa shape index (κ3) is 7.55. The topological polar surface area (TPSA) is 26.3 Å². The van der Waals surface area contributed by atoms with Crippen LogP contribution in [-0.2, 0) is 11.2 Å². The Balaban J connectivity index is 1.37. The number of fused-ring (bicyclic) bond motifs is 3. The summed E-state index contributed by atoms with van der Waals surface area (Å²) in [6, 6.07) is 13.4. The van der Waals surface area contributed by atoms with Gasteiger partial charge in [-0.05, 0) is 90.4 Å². The van der Waals surface area contributed by atoms with Crippen LogP contribution in [0.4, 0.5) is 4.39 Å². The minimum absolute atomic E-state index is 0.0171. The molecule has 0 saturated heterocycles. The summed E-state index contributed by atoms with van der Waals surface area (Å²) < 4.78 is 20.9. The maximum Gasteiger partial charge on any atom is 0.314 e. The molecule has 1 fully saturated rings. The zero-order chi connectivity index (χ0) is 26.0. The number of esters is 1. The summed E-state index contributed by atoms with van der Waals surface area (Å²) in [6.45, 7) is 4.48. The molecule has 1 aliphatic carbocycles. The SMILES string of the molecule is CCCCCCCCc1ccc2c(c1)c(F)cc1cc(OC(=O)[C@H]3CC[C@H](CCCCC)CC3)ccc12. The fourth-order valence-electron chi connectivity index (χ4n) is 6.04. The van der Waals surface area contributed by atoms with Crippen molar-refractivity contribution in [3.63, 3.8) is 0 Å². The molecule has 3 aromatic rings. The molecule has 0 bridgehead atoms. The van der Waals surface area contributed by atoms with Gasteiger partial charge in [-0.1, -0.05) is 89.8 Å². The Bertz CT molecular complexity index is 1160. The van der Waals surface area contributed by atoms with Crippen molar-refractivity contribution < 1.29 is 13.9 Å². The number of hydrogen-bond donors (Lipinski definition) is 0. The molecule has 0 spiro atoms. The number of aryl methyl sites for hydroxylation is 1. The second-order valence-electron chi connectivity index (χ2n) is 11.3. The Morgan fingerprint density at radius 2 is 1.49 bits per heavy atom. The molecule has 0 amide bonds. The molecule has 2 nitrogen and oxygen atoms in total. The molecular weight excluding hydrogens is 459 g/mol. The van der Waals surface area contributed by atoms with Crippen molar-refractivity contribution in [1.82, 2.24) is 0 Å². The number of ether oxygens (including phenoxy) is 1. The Morgan fingerprint density at radius 3 is 2.27 bits per heavy atom. The van der Waals surface area contributed by atoms with Crippen molar-refractivity contribution in [1.29, 1.82) is 0 Å². The van der Waals surface area contributed by atoms with E-state index in [4.69, 9.17) is 4.74 Å². The van der Waals surface area contributed by atoms with Crippen molar-refractivity contribution in [3.8, 4) is 5.75 Å². The van der Waals surface area contributed by atoms with Gasteiger partial charge in [-0.25, -0.2) is 4.39 Å². The summed E-state index contributed by atoms with van der Waals surface area (Å²) in [5.41, 5.74) is 1.20. The quantitative estimate of drug-likeness (QED) is 0.100. The maximum absolute atomic E-state index is 15.1. The van der Waals surface area contributed by atoms with Crippen LogP contribution in [0.3, 0.4) is 0 Å². The van der Waals surface area contributed by atoms with Gasteiger partial charge in [-0.3, -0.25) is 4.79 Å². The molecule has 0 N–H and O–H groups in total. The number of carbonyl (C=O) groups is 1. The summed E-state index contributed by atoms with van der Waals surface area (Å²) >= 11 is 0. The van der Waals surface area contributed by atoms with E-state index in [9.17, 15) is 4.79 Å². The zero-order valence-corrected chi connectivity index (χ0v) is 23.0. The van der Waals surface area contributed by atoms with Gasteiger partial charge in [0.1, 0.15) is 11.6 Å². The Labute approximate surface area is 223 Å². The van der Waals surface area contributed by atoms with Crippen molar-refractivity contribution >= 4 is 27.5 Å². The largest absolute Gasteiger partial charge is 0.426 e. The molecule has 0 radical (unpaired) electrons. The average molecular weight is 505 g/mol. The number of carbonyl (C=O) groups excluding carboxylic acids is 1. The molecule has 200 valence electrons. The molecule has 3 heteroatoms. The van der Waals surface area contributed by atoms with Gasteiger partial charge in [-0.2, -0.15) is 0 Å². The lowest BCUT2D eigenvalue weighted by Crippen LogP contribution is -2.25. The van der Waals surface area contributed by atoms with E-state index >= 15 is 4.39 Å². The Kier molecular flexibility index (Phi) is 10.4. The Hall–Kier alpha value is -2.42. The van der Waals surface area contributed by atoms with Gasteiger partial charge in [-0.15, -0.1) is 0 Å². The fourth-order valence-corrected chi connectivity index (χ4v) is 6.04. The molecule has 0 aromatic heterocycles. The molecule has 4 rings (SSSR count). The number of halogens is 1. The second kappa shape index (κ2) is 13.9. The van der Waals surface area contributed by atoms with E-state index in [0.29, 0.717) is 11.1 Å². The van der Waals surface area contributed by atoms with Crippen molar-refractivity contribution in [2.45, 2.75) is 110 Å². The number of unbranched alkanes of at least 4 members (excludes halogenated alkanes) is 7. The monoisotopic (exact) mass is 504 g/mol. The van der Waals surface area contributed by atoms with E-state index in [1.54, 1.807) is 6.07 Å². The van der Waals surface area contributed by atoms with Gasteiger partial charge in [0.05, 0.1) is 5.92 Å². The van der Waals surface area contributed by atoms with E-state index in [1.807, 2.05) is 24.3 Å². The number of rotatable bonds is 13. The van der Waals surface area contributed by atoms with Crippen molar-refractivity contribution in [2.24, 2.45) is 11.8 Å². The van der Waals surface area contributed by atoms with Gasteiger partial charge in [0.2, 0.25) is 0 Å². The standard InChI is InChI=1S/C34H45FO2/c1-3-5-7-8-9-11-13-26-16-20-31-30-21-19-29(23-28(30)24-33(35)32(31)22-26)37-34(36)27-17-14-25(15-18-27)12-10-6-4-2/h16,19-25,27H,3-15,17-18H2,1-2H3/t25-,27-. The first-order valence-corrected chi connectivity index (χ1v) is 15.0. The van der Waals surface area contributed by atoms with Gasteiger partial charge < -0.3 is 4.74 Å². The third-order valence-corrected chi connectivity index (χ3v) is 8.37. The van der Waals surface area contributed by atoms with E-state index in [2.05, 4.69) is 26.0 Å². The lowest BCUT2D eigenvalue weighted by Gasteiger charge is -2.27. The fraction of sp³-hybridized carbons (Fsp3) is 0.559. The number of benzene rings is 3. The van der Waals surface area contributed by atoms with Crippen LogP contribution < -0.4 is 4.74 Å². The maximum atomic E-state index is 15.1. The van der Waals surface area contributed by atoms with Gasteiger partial charge in [0.25, 0.3) is 0 Å². The van der Waals surface area contributed by atoms with Gasteiger partial charge in [0, 0.05) is 5.39 Å². The summed E-state index contributed by atoms with van der Waals surface area (Å²) in [5, 5.41) is 3.37. The van der Waals surface area contributed by atoms with Crippen LogP contribution in [0.2, 0.25) is 0 Å². The molecule has 0 atom stereocenters. The highest BCUT2D eigenvalue weighted by Gasteiger charge is 2.27. The average Bonchev–Trinajstić information content (AvgIpc) is 2.91. The minimum Gasteiger partial charge on any atom is -0.426 e. The smallest absolute Gasteiger partial charge is 0.314 e. The second-order valence-corrected chi connectivity index (χ2v) is 11.3. The van der Waals surface area contributed by atoms with Gasteiger partial charge >= 0.3 is 5.97 Å². The normalized spacial score (nSPS) is 17.9. The molecule has 37 heavy (non-hydrogen) atoms. The van der Waals surface area contributed by atoms with Crippen LogP contribution in [-0.4, -0.2) is 5.97 Å². The highest BCUT2D eigenvalue weighted by Crippen LogP contribution is 2.35.